The van der Waals surface area contributed by atoms with E-state index in [9.17, 15) is 18.4 Å². The Bertz CT molecular complexity index is 1150. The number of hydrogen-bond acceptors (Lipinski definition) is 3. The Morgan fingerprint density at radius 1 is 1.13 bits per heavy atom. The first-order chi connectivity index (χ1) is 14.9. The van der Waals surface area contributed by atoms with E-state index in [-0.39, 0.29) is 29.6 Å². The summed E-state index contributed by atoms with van der Waals surface area (Å²) in [7, 11) is 0. The average molecular weight is 423 g/mol. The SMILES string of the molecule is NC(=O)c1cc2cc(F)ccc2nc1[C@H]1CCCN(C(=O)CCc2ccccc2F)C1. The van der Waals surface area contributed by atoms with Crippen molar-refractivity contribution in [3.8, 4) is 0 Å². The van der Waals surface area contributed by atoms with Crippen LogP contribution >= 0.6 is 0 Å². The van der Waals surface area contributed by atoms with Crippen molar-refractivity contribution in [2.75, 3.05) is 13.1 Å². The van der Waals surface area contributed by atoms with Gasteiger partial charge < -0.3 is 10.6 Å². The minimum Gasteiger partial charge on any atom is -0.366 e. The van der Waals surface area contributed by atoms with Gasteiger partial charge in [-0.3, -0.25) is 14.6 Å². The third kappa shape index (κ3) is 4.55. The van der Waals surface area contributed by atoms with E-state index in [4.69, 9.17) is 5.73 Å². The van der Waals surface area contributed by atoms with Crippen molar-refractivity contribution in [1.29, 1.82) is 0 Å². The highest BCUT2D eigenvalue weighted by Gasteiger charge is 2.28. The predicted molar refractivity (Wildman–Crippen MR) is 113 cm³/mol. The lowest BCUT2D eigenvalue weighted by Crippen LogP contribution is -2.40. The summed E-state index contributed by atoms with van der Waals surface area (Å²) in [4.78, 5) is 31.2. The Balaban J connectivity index is 1.54. The molecule has 5 nitrogen and oxygen atoms in total. The molecule has 0 spiro atoms. The number of pyridine rings is 1. The van der Waals surface area contributed by atoms with Crippen molar-refractivity contribution in [3.05, 3.63) is 77.0 Å². The number of aromatic nitrogens is 1. The van der Waals surface area contributed by atoms with Crippen LogP contribution in [-0.2, 0) is 11.2 Å². The zero-order valence-corrected chi connectivity index (χ0v) is 17.0. The molecule has 1 aromatic heterocycles. The summed E-state index contributed by atoms with van der Waals surface area (Å²) in [6, 6.07) is 12.2. The number of piperidine rings is 1. The highest BCUT2D eigenvalue weighted by Crippen LogP contribution is 2.30. The molecule has 2 aromatic carbocycles. The summed E-state index contributed by atoms with van der Waals surface area (Å²) >= 11 is 0. The van der Waals surface area contributed by atoms with E-state index in [2.05, 4.69) is 4.98 Å². The molecule has 7 heteroatoms. The molecule has 0 aliphatic carbocycles. The number of benzene rings is 2. The maximum absolute atomic E-state index is 13.8. The second-order valence-corrected chi connectivity index (χ2v) is 7.89. The van der Waals surface area contributed by atoms with Crippen LogP contribution in [0.1, 0.15) is 46.8 Å². The number of halogens is 2. The molecule has 1 aliphatic heterocycles. The van der Waals surface area contributed by atoms with Gasteiger partial charge in [0.2, 0.25) is 5.91 Å². The average Bonchev–Trinajstić information content (AvgIpc) is 2.77. The summed E-state index contributed by atoms with van der Waals surface area (Å²) in [6.07, 6.45) is 2.06. The van der Waals surface area contributed by atoms with Gasteiger partial charge in [-0.15, -0.1) is 0 Å². The van der Waals surface area contributed by atoms with Crippen LogP contribution < -0.4 is 5.73 Å². The lowest BCUT2D eigenvalue weighted by atomic mass is 9.90. The fraction of sp³-hybridized carbons (Fsp3) is 0.292. The first-order valence-electron chi connectivity index (χ1n) is 10.3. The first kappa shape index (κ1) is 20.9. The Kier molecular flexibility index (Phi) is 5.93. The molecule has 0 saturated carbocycles. The Morgan fingerprint density at radius 3 is 2.71 bits per heavy atom. The van der Waals surface area contributed by atoms with Crippen LogP contribution in [0, 0.1) is 11.6 Å². The van der Waals surface area contributed by atoms with Gasteiger partial charge in [-0.1, -0.05) is 18.2 Å². The molecule has 31 heavy (non-hydrogen) atoms. The van der Waals surface area contributed by atoms with Gasteiger partial charge in [0.05, 0.1) is 16.8 Å². The van der Waals surface area contributed by atoms with E-state index < -0.39 is 11.7 Å². The van der Waals surface area contributed by atoms with Crippen LogP contribution in [0.2, 0.25) is 0 Å². The van der Waals surface area contributed by atoms with Crippen LogP contribution in [0.15, 0.2) is 48.5 Å². The van der Waals surface area contributed by atoms with Crippen molar-refractivity contribution in [2.45, 2.75) is 31.6 Å². The highest BCUT2D eigenvalue weighted by atomic mass is 19.1. The van der Waals surface area contributed by atoms with Gasteiger partial charge in [0, 0.05) is 30.8 Å². The zero-order valence-electron chi connectivity index (χ0n) is 17.0. The molecule has 2 amide bonds. The standard InChI is InChI=1S/C24H23F2N3O2/c25-18-8-9-21-17(12-18)13-19(24(27)31)23(28-21)16-5-3-11-29(14-16)22(30)10-7-15-4-1-2-6-20(15)26/h1-2,4,6,8-9,12-13,16H,3,5,7,10-11,14H2,(H2,27,31)/t16-/m0/s1. The van der Waals surface area contributed by atoms with Crippen LogP contribution in [0.25, 0.3) is 10.9 Å². The van der Waals surface area contributed by atoms with E-state index >= 15 is 0 Å². The number of nitrogens with zero attached hydrogens (tertiary/aromatic N) is 2. The Morgan fingerprint density at radius 2 is 1.94 bits per heavy atom. The number of nitrogens with two attached hydrogens (primary N) is 1. The highest BCUT2D eigenvalue weighted by molar-refractivity contribution is 5.97. The summed E-state index contributed by atoms with van der Waals surface area (Å²) < 4.78 is 27.4. The molecule has 1 aliphatic rings. The number of rotatable bonds is 5. The Labute approximate surface area is 178 Å². The normalized spacial score (nSPS) is 16.5. The minimum absolute atomic E-state index is 0.0589. The molecule has 1 fully saturated rings. The fourth-order valence-electron chi connectivity index (χ4n) is 4.20. The van der Waals surface area contributed by atoms with E-state index in [1.165, 1.54) is 18.2 Å². The fourth-order valence-corrected chi connectivity index (χ4v) is 4.20. The van der Waals surface area contributed by atoms with E-state index in [0.29, 0.717) is 41.7 Å². The molecule has 1 saturated heterocycles. The second-order valence-electron chi connectivity index (χ2n) is 7.89. The lowest BCUT2D eigenvalue weighted by Gasteiger charge is -2.33. The number of amides is 2. The number of primary amides is 1. The van der Waals surface area contributed by atoms with Gasteiger partial charge in [0.15, 0.2) is 0 Å². The largest absolute Gasteiger partial charge is 0.366 e. The van der Waals surface area contributed by atoms with Gasteiger partial charge in [-0.2, -0.15) is 0 Å². The molecular formula is C24H23F2N3O2. The molecule has 2 N–H and O–H groups in total. The monoisotopic (exact) mass is 423 g/mol. The van der Waals surface area contributed by atoms with Crippen molar-refractivity contribution >= 4 is 22.7 Å². The molecule has 1 atom stereocenters. The molecule has 3 aromatic rings. The minimum atomic E-state index is -0.628. The summed E-state index contributed by atoms with van der Waals surface area (Å²) in [5.74, 6) is -1.56. The van der Waals surface area contributed by atoms with Gasteiger partial charge >= 0.3 is 0 Å². The van der Waals surface area contributed by atoms with Crippen LogP contribution in [0.4, 0.5) is 8.78 Å². The third-order valence-electron chi connectivity index (χ3n) is 5.80. The summed E-state index contributed by atoms with van der Waals surface area (Å²) in [5, 5.41) is 0.506. The Hall–Kier alpha value is -3.35. The van der Waals surface area contributed by atoms with Crippen LogP contribution in [0.5, 0.6) is 0 Å². The van der Waals surface area contributed by atoms with Crippen LogP contribution in [-0.4, -0.2) is 34.8 Å². The third-order valence-corrected chi connectivity index (χ3v) is 5.80. The number of aryl methyl sites for hydroxylation is 1. The first-order valence-corrected chi connectivity index (χ1v) is 10.3. The summed E-state index contributed by atoms with van der Waals surface area (Å²) in [6.45, 7) is 1.02. The predicted octanol–water partition coefficient (Wildman–Crippen LogP) is 3.95. The van der Waals surface area contributed by atoms with Gasteiger partial charge in [-0.25, -0.2) is 8.78 Å². The molecular weight excluding hydrogens is 400 g/mol. The van der Waals surface area contributed by atoms with Gasteiger partial charge in [0.1, 0.15) is 11.6 Å². The van der Waals surface area contributed by atoms with E-state index in [1.807, 2.05) is 0 Å². The molecule has 0 unspecified atom stereocenters. The quantitative estimate of drug-likeness (QED) is 0.675. The van der Waals surface area contributed by atoms with E-state index in [0.717, 1.165) is 12.8 Å². The number of likely N-dealkylation sites (tertiary alicyclic amines) is 1. The molecule has 0 bridgehead atoms. The van der Waals surface area contributed by atoms with E-state index in [1.54, 1.807) is 35.2 Å². The number of hydrogen-bond donors (Lipinski definition) is 1. The number of carbonyl (C=O) groups is 2. The van der Waals surface area contributed by atoms with Crippen LogP contribution in [0.3, 0.4) is 0 Å². The van der Waals surface area contributed by atoms with Gasteiger partial charge in [-0.05, 0) is 55.2 Å². The number of carbonyl (C=O) groups excluding carboxylic acids is 2. The molecule has 0 radical (unpaired) electrons. The molecule has 4 rings (SSSR count). The van der Waals surface area contributed by atoms with Crippen molar-refractivity contribution in [3.63, 3.8) is 0 Å². The van der Waals surface area contributed by atoms with Gasteiger partial charge in [0.25, 0.3) is 5.91 Å². The topological polar surface area (TPSA) is 76.3 Å². The smallest absolute Gasteiger partial charge is 0.250 e. The lowest BCUT2D eigenvalue weighted by molar-refractivity contribution is -0.132. The van der Waals surface area contributed by atoms with Crippen molar-refractivity contribution < 1.29 is 18.4 Å². The van der Waals surface area contributed by atoms with Crippen molar-refractivity contribution in [1.82, 2.24) is 9.88 Å². The molecule has 160 valence electrons. The molecule has 2 heterocycles. The summed E-state index contributed by atoms with van der Waals surface area (Å²) in [5.41, 5.74) is 7.47. The zero-order chi connectivity index (χ0) is 22.0. The van der Waals surface area contributed by atoms with Crippen molar-refractivity contribution in [2.24, 2.45) is 5.73 Å². The maximum Gasteiger partial charge on any atom is 0.250 e. The maximum atomic E-state index is 13.8. The second kappa shape index (κ2) is 8.79. The number of fused-ring (bicyclic) bond motifs is 1.